The Balaban J connectivity index is 1.30. The average molecular weight is 688 g/mol. The number of amides is 3. The molecule has 1 unspecified atom stereocenters. The first-order valence-corrected chi connectivity index (χ1v) is 18.3. The molecule has 0 saturated carbocycles. The van der Waals surface area contributed by atoms with Gasteiger partial charge in [0.2, 0.25) is 5.91 Å². The molecule has 0 fully saturated rings. The predicted octanol–water partition coefficient (Wildman–Crippen LogP) is 8.17. The highest BCUT2D eigenvalue weighted by atomic mass is 32.2. The summed E-state index contributed by atoms with van der Waals surface area (Å²) in [6.07, 6.45) is 7.09. The van der Waals surface area contributed by atoms with E-state index in [-0.39, 0.29) is 18.2 Å². The molecule has 8 nitrogen and oxygen atoms in total. The van der Waals surface area contributed by atoms with Crippen molar-refractivity contribution in [2.45, 2.75) is 62.5 Å². The third kappa shape index (κ3) is 9.00. The van der Waals surface area contributed by atoms with Gasteiger partial charge in [-0.3, -0.25) is 14.4 Å². The first-order chi connectivity index (χ1) is 22.9. The van der Waals surface area contributed by atoms with E-state index in [0.717, 1.165) is 52.3 Å². The third-order valence-electron chi connectivity index (χ3n) is 7.53. The molecule has 244 valence electrons. The Bertz CT molecular complexity index is 1750. The van der Waals surface area contributed by atoms with Crippen LogP contribution in [0.5, 0.6) is 0 Å². The van der Waals surface area contributed by atoms with Gasteiger partial charge in [0.05, 0.1) is 17.4 Å². The van der Waals surface area contributed by atoms with Crippen molar-refractivity contribution in [1.29, 1.82) is 0 Å². The van der Waals surface area contributed by atoms with Gasteiger partial charge in [-0.1, -0.05) is 43.7 Å². The zero-order valence-corrected chi connectivity index (χ0v) is 28.7. The van der Waals surface area contributed by atoms with Gasteiger partial charge in [-0.05, 0) is 92.4 Å². The van der Waals surface area contributed by atoms with E-state index in [1.807, 2.05) is 42.6 Å². The molecular formula is C36H37N3O5S3. The Morgan fingerprint density at radius 1 is 0.936 bits per heavy atom. The van der Waals surface area contributed by atoms with Crippen LogP contribution in [0, 0.1) is 0 Å². The molecule has 2 heterocycles. The highest BCUT2D eigenvalue weighted by Gasteiger charge is 2.28. The number of anilines is 2. The molecule has 0 aliphatic heterocycles. The SMILES string of the molecule is CCOC(=O)c1c(NC(=O)C(CC)Sc2cccc(NC(=O)/C(=C/c3cccs3)NC(=O)c3ccccc3)c2)sc2c1CCCCC2. The van der Waals surface area contributed by atoms with Crippen LogP contribution in [0.15, 0.2) is 82.7 Å². The Morgan fingerprint density at radius 2 is 1.74 bits per heavy atom. The van der Waals surface area contributed by atoms with Crippen LogP contribution in [-0.2, 0) is 27.2 Å². The van der Waals surface area contributed by atoms with Gasteiger partial charge in [-0.15, -0.1) is 34.4 Å². The minimum atomic E-state index is -0.474. The van der Waals surface area contributed by atoms with Gasteiger partial charge < -0.3 is 20.7 Å². The van der Waals surface area contributed by atoms with Crippen molar-refractivity contribution in [3.05, 3.63) is 104 Å². The number of carbonyl (C=O) groups is 4. The maximum Gasteiger partial charge on any atom is 0.341 e. The van der Waals surface area contributed by atoms with Crippen LogP contribution in [0.25, 0.3) is 6.08 Å². The molecule has 47 heavy (non-hydrogen) atoms. The molecule has 1 atom stereocenters. The fourth-order valence-corrected chi connectivity index (χ4v) is 8.18. The number of benzene rings is 2. The zero-order chi connectivity index (χ0) is 33.2. The summed E-state index contributed by atoms with van der Waals surface area (Å²) in [6.45, 7) is 3.99. The molecule has 3 N–H and O–H groups in total. The van der Waals surface area contributed by atoms with Gasteiger partial charge in [0.25, 0.3) is 11.8 Å². The normalized spacial score (nSPS) is 13.5. The number of nitrogens with one attached hydrogen (secondary N) is 3. The fraction of sp³-hybridized carbons (Fsp3) is 0.278. The van der Waals surface area contributed by atoms with Crippen molar-refractivity contribution in [3.8, 4) is 0 Å². The van der Waals surface area contributed by atoms with Gasteiger partial charge in [-0.2, -0.15) is 0 Å². The lowest BCUT2D eigenvalue weighted by atomic mass is 10.1. The molecule has 5 rings (SSSR count). The molecule has 0 saturated heterocycles. The summed E-state index contributed by atoms with van der Waals surface area (Å²) in [5.41, 5.74) is 2.58. The van der Waals surface area contributed by atoms with Crippen LogP contribution in [0.1, 0.15) is 75.6 Å². The zero-order valence-electron chi connectivity index (χ0n) is 26.3. The maximum absolute atomic E-state index is 13.6. The molecule has 2 aromatic carbocycles. The lowest BCUT2D eigenvalue weighted by Crippen LogP contribution is -2.30. The second-order valence-electron chi connectivity index (χ2n) is 10.9. The van der Waals surface area contributed by atoms with Gasteiger partial charge in [0.1, 0.15) is 10.7 Å². The lowest BCUT2D eigenvalue weighted by Gasteiger charge is -2.16. The summed E-state index contributed by atoms with van der Waals surface area (Å²) in [4.78, 5) is 55.7. The predicted molar refractivity (Wildman–Crippen MR) is 191 cm³/mol. The molecule has 0 radical (unpaired) electrons. The summed E-state index contributed by atoms with van der Waals surface area (Å²) in [5, 5.41) is 10.7. The lowest BCUT2D eigenvalue weighted by molar-refractivity contribution is -0.116. The largest absolute Gasteiger partial charge is 0.462 e. The van der Waals surface area contributed by atoms with E-state index < -0.39 is 23.0 Å². The standard InChI is InChI=1S/C36H37N3O5S3/c1-3-29(34(42)39-35-31(36(43)44-4-2)27-18-9-6-10-19-30(27)47-35)46-26-16-11-15-24(21-26)37-33(41)28(22-25-17-12-20-45-25)38-32(40)23-13-7-5-8-14-23/h5,7-8,11-17,20-22,29H,3-4,6,9-10,18-19H2,1-2H3,(H,37,41)(H,38,40)(H,39,42)/b28-22-. The quantitative estimate of drug-likeness (QED) is 0.0600. The number of hydrogen-bond donors (Lipinski definition) is 3. The topological polar surface area (TPSA) is 114 Å². The Hall–Kier alpha value is -4.19. The number of thiophene rings is 2. The molecule has 0 spiro atoms. The summed E-state index contributed by atoms with van der Waals surface area (Å²) < 4.78 is 5.38. The van der Waals surface area contributed by atoms with Crippen LogP contribution >= 0.6 is 34.4 Å². The first kappa shape index (κ1) is 34.2. The fourth-order valence-electron chi connectivity index (χ4n) is 5.23. The Labute approximate surface area is 287 Å². The molecule has 11 heteroatoms. The van der Waals surface area contributed by atoms with Crippen molar-refractivity contribution >= 4 is 74.9 Å². The van der Waals surface area contributed by atoms with Crippen molar-refractivity contribution in [1.82, 2.24) is 5.32 Å². The Morgan fingerprint density at radius 3 is 2.49 bits per heavy atom. The molecule has 3 amide bonds. The van der Waals surface area contributed by atoms with Gasteiger partial charge >= 0.3 is 5.97 Å². The number of thioether (sulfide) groups is 1. The van der Waals surface area contributed by atoms with Crippen molar-refractivity contribution in [2.24, 2.45) is 0 Å². The smallest absolute Gasteiger partial charge is 0.341 e. The molecule has 2 aromatic heterocycles. The second-order valence-corrected chi connectivity index (χ2v) is 14.2. The number of esters is 1. The maximum atomic E-state index is 13.6. The summed E-state index contributed by atoms with van der Waals surface area (Å²) in [5.74, 6) is -1.45. The van der Waals surface area contributed by atoms with Gasteiger partial charge in [0, 0.05) is 25.9 Å². The van der Waals surface area contributed by atoms with E-state index in [0.29, 0.717) is 28.2 Å². The van der Waals surface area contributed by atoms with Crippen molar-refractivity contribution in [2.75, 3.05) is 17.2 Å². The molecule has 0 bridgehead atoms. The number of aryl methyl sites for hydroxylation is 1. The number of hydrogen-bond acceptors (Lipinski definition) is 8. The van der Waals surface area contributed by atoms with E-state index in [4.69, 9.17) is 4.74 Å². The monoisotopic (exact) mass is 687 g/mol. The number of fused-ring (bicyclic) bond motifs is 1. The van der Waals surface area contributed by atoms with Gasteiger partial charge in [-0.25, -0.2) is 4.79 Å². The molecule has 4 aromatic rings. The first-order valence-electron chi connectivity index (χ1n) is 15.7. The molecule has 1 aliphatic carbocycles. The van der Waals surface area contributed by atoms with Crippen LogP contribution in [-0.4, -0.2) is 35.5 Å². The van der Waals surface area contributed by atoms with Crippen molar-refractivity contribution < 1.29 is 23.9 Å². The number of carbonyl (C=O) groups excluding carboxylic acids is 4. The number of ether oxygens (including phenoxy) is 1. The van der Waals surface area contributed by atoms with Gasteiger partial charge in [0.15, 0.2) is 0 Å². The second kappa shape index (κ2) is 16.6. The van der Waals surface area contributed by atoms with E-state index >= 15 is 0 Å². The minimum Gasteiger partial charge on any atom is -0.462 e. The van der Waals surface area contributed by atoms with Crippen molar-refractivity contribution in [3.63, 3.8) is 0 Å². The molecular weight excluding hydrogens is 651 g/mol. The highest BCUT2D eigenvalue weighted by Crippen LogP contribution is 2.39. The summed E-state index contributed by atoms with van der Waals surface area (Å²) >= 11 is 4.32. The van der Waals surface area contributed by atoms with E-state index in [1.54, 1.807) is 49.4 Å². The van der Waals surface area contributed by atoms with E-state index in [1.165, 1.54) is 34.4 Å². The average Bonchev–Trinajstić information content (AvgIpc) is 3.65. The van der Waals surface area contributed by atoms with Crippen LogP contribution in [0.2, 0.25) is 0 Å². The molecule has 1 aliphatic rings. The summed E-state index contributed by atoms with van der Waals surface area (Å²) in [7, 11) is 0. The van der Waals surface area contributed by atoms with E-state index in [9.17, 15) is 19.2 Å². The number of rotatable bonds is 12. The van der Waals surface area contributed by atoms with Crippen LogP contribution in [0.4, 0.5) is 10.7 Å². The minimum absolute atomic E-state index is 0.108. The summed E-state index contributed by atoms with van der Waals surface area (Å²) in [6, 6.07) is 19.7. The van der Waals surface area contributed by atoms with Crippen LogP contribution < -0.4 is 16.0 Å². The van der Waals surface area contributed by atoms with E-state index in [2.05, 4.69) is 16.0 Å². The van der Waals surface area contributed by atoms with Crippen LogP contribution in [0.3, 0.4) is 0 Å². The Kier molecular flexibility index (Phi) is 12.0. The third-order valence-corrected chi connectivity index (χ3v) is 10.9. The highest BCUT2D eigenvalue weighted by molar-refractivity contribution is 8.00.